The van der Waals surface area contributed by atoms with Gasteiger partial charge in [-0.3, -0.25) is 14.9 Å². The Morgan fingerprint density at radius 3 is 2.84 bits per heavy atom. The number of carbonyl (C=O) groups is 1. The van der Waals surface area contributed by atoms with Gasteiger partial charge in [0.25, 0.3) is 5.91 Å². The summed E-state index contributed by atoms with van der Waals surface area (Å²) in [6, 6.07) is 3.59. The summed E-state index contributed by atoms with van der Waals surface area (Å²) in [5, 5.41) is 10.3. The van der Waals surface area contributed by atoms with Crippen molar-refractivity contribution in [1.29, 1.82) is 0 Å². The van der Waals surface area contributed by atoms with Gasteiger partial charge in [0.05, 0.1) is 23.5 Å². The topological polar surface area (TPSA) is 73.9 Å². The molecule has 1 amide bonds. The molecule has 0 spiro atoms. The predicted octanol–water partition coefficient (Wildman–Crippen LogP) is 1.77. The van der Waals surface area contributed by atoms with Crippen LogP contribution in [0.3, 0.4) is 0 Å². The molecule has 0 atom stereocenters. The molecule has 0 aliphatic heterocycles. The molecule has 0 aromatic carbocycles. The predicted molar refractivity (Wildman–Crippen MR) is 73.2 cm³/mol. The van der Waals surface area contributed by atoms with E-state index in [9.17, 15) is 4.79 Å². The maximum Gasteiger partial charge on any atom is 0.258 e. The minimum Gasteiger partial charge on any atom is -0.364 e. The fourth-order valence-electron chi connectivity index (χ4n) is 1.51. The monoisotopic (exact) mass is 279 g/mol. The van der Waals surface area contributed by atoms with Gasteiger partial charge in [0.1, 0.15) is 11.4 Å². The molecule has 0 saturated carbocycles. The van der Waals surface area contributed by atoms with Crippen molar-refractivity contribution in [1.82, 2.24) is 20.1 Å². The molecule has 0 saturated heterocycles. The number of carbonyl (C=O) groups excluding carboxylic acids is 1. The van der Waals surface area contributed by atoms with E-state index in [0.717, 1.165) is 5.69 Å². The molecule has 100 valence electrons. The van der Waals surface area contributed by atoms with E-state index in [0.29, 0.717) is 22.9 Å². The minimum atomic E-state index is -0.111. The molecule has 6 nitrogen and oxygen atoms in total. The second-order valence-corrected chi connectivity index (χ2v) is 4.62. The van der Waals surface area contributed by atoms with Crippen LogP contribution in [0.15, 0.2) is 24.5 Å². The highest BCUT2D eigenvalue weighted by atomic mass is 35.5. The van der Waals surface area contributed by atoms with Crippen LogP contribution in [0.25, 0.3) is 0 Å². The van der Waals surface area contributed by atoms with E-state index < -0.39 is 0 Å². The average Bonchev–Trinajstić information content (AvgIpc) is 2.85. The smallest absolute Gasteiger partial charge is 0.258 e. The Balaban J connectivity index is 2.06. The van der Waals surface area contributed by atoms with Crippen LogP contribution in [-0.2, 0) is 6.54 Å². The molecule has 7 heteroatoms. The molecule has 0 aliphatic carbocycles. The lowest BCUT2D eigenvalue weighted by molar-refractivity contribution is 0.0828. The first-order chi connectivity index (χ1) is 9.08. The van der Waals surface area contributed by atoms with E-state index >= 15 is 0 Å². The number of anilines is 1. The lowest BCUT2D eigenvalue weighted by Gasteiger charge is -2.11. The summed E-state index contributed by atoms with van der Waals surface area (Å²) in [4.78, 5) is 17.5. The number of H-pyrrole nitrogens is 1. The van der Waals surface area contributed by atoms with Crippen molar-refractivity contribution in [3.63, 3.8) is 0 Å². The number of nitrogens with zero attached hydrogens (tertiary/aromatic N) is 3. The first-order valence-corrected chi connectivity index (χ1v) is 6.05. The van der Waals surface area contributed by atoms with Gasteiger partial charge >= 0.3 is 0 Å². The third-order valence-corrected chi connectivity index (χ3v) is 2.73. The third kappa shape index (κ3) is 3.23. The van der Waals surface area contributed by atoms with E-state index in [1.54, 1.807) is 26.4 Å². The SMILES string of the molecule is CN(C)C(=O)c1cn[nH]c1NCc1ccc(Cl)cn1. The van der Waals surface area contributed by atoms with E-state index in [4.69, 9.17) is 11.6 Å². The number of pyridine rings is 1. The van der Waals surface area contributed by atoms with Crippen LogP contribution >= 0.6 is 11.6 Å². The fourth-order valence-corrected chi connectivity index (χ4v) is 1.63. The maximum atomic E-state index is 11.9. The number of nitrogens with one attached hydrogen (secondary N) is 2. The second kappa shape index (κ2) is 5.71. The third-order valence-electron chi connectivity index (χ3n) is 2.51. The van der Waals surface area contributed by atoms with Crippen LogP contribution in [-0.4, -0.2) is 40.1 Å². The quantitative estimate of drug-likeness (QED) is 0.894. The summed E-state index contributed by atoms with van der Waals surface area (Å²) in [6.07, 6.45) is 3.08. The molecule has 2 N–H and O–H groups in total. The molecule has 2 rings (SSSR count). The number of amides is 1. The Labute approximate surface area is 115 Å². The standard InChI is InChI=1S/C12H14ClN5O/c1-18(2)12(19)10-7-16-17-11(10)15-6-9-4-3-8(13)5-14-9/h3-5,7H,6H2,1-2H3,(H2,15,16,17). The first-order valence-electron chi connectivity index (χ1n) is 5.67. The van der Waals surface area contributed by atoms with Gasteiger partial charge in [-0.05, 0) is 12.1 Å². The number of aromatic nitrogens is 3. The van der Waals surface area contributed by atoms with Gasteiger partial charge < -0.3 is 10.2 Å². The van der Waals surface area contributed by atoms with Gasteiger partial charge in [0.15, 0.2) is 0 Å². The zero-order valence-electron chi connectivity index (χ0n) is 10.6. The molecule has 19 heavy (non-hydrogen) atoms. The van der Waals surface area contributed by atoms with Crippen LogP contribution in [0.4, 0.5) is 5.82 Å². The van der Waals surface area contributed by atoms with Crippen LogP contribution in [0.2, 0.25) is 5.02 Å². The Morgan fingerprint density at radius 1 is 1.42 bits per heavy atom. The summed E-state index contributed by atoms with van der Waals surface area (Å²) in [7, 11) is 3.39. The van der Waals surface area contributed by atoms with Crippen molar-refractivity contribution in [3.8, 4) is 0 Å². The van der Waals surface area contributed by atoms with Gasteiger partial charge in [-0.2, -0.15) is 5.10 Å². The maximum absolute atomic E-state index is 11.9. The summed E-state index contributed by atoms with van der Waals surface area (Å²) < 4.78 is 0. The number of aromatic amines is 1. The molecule has 2 heterocycles. The van der Waals surface area contributed by atoms with Gasteiger partial charge in [-0.15, -0.1) is 0 Å². The van der Waals surface area contributed by atoms with Crippen LogP contribution < -0.4 is 5.32 Å². The van der Waals surface area contributed by atoms with Crippen molar-refractivity contribution in [3.05, 3.63) is 40.8 Å². The van der Waals surface area contributed by atoms with Crippen LogP contribution in [0.1, 0.15) is 16.1 Å². The van der Waals surface area contributed by atoms with Crippen LogP contribution in [0, 0.1) is 0 Å². The normalized spacial score (nSPS) is 10.3. The first kappa shape index (κ1) is 13.4. The Bertz CT molecular complexity index is 564. The van der Waals surface area contributed by atoms with E-state index in [-0.39, 0.29) is 5.91 Å². The highest BCUT2D eigenvalue weighted by Gasteiger charge is 2.15. The van der Waals surface area contributed by atoms with Crippen molar-refractivity contribution in [2.24, 2.45) is 0 Å². The summed E-state index contributed by atoms with van der Waals surface area (Å²) >= 11 is 5.76. The lowest BCUT2D eigenvalue weighted by atomic mass is 10.3. The lowest BCUT2D eigenvalue weighted by Crippen LogP contribution is -2.22. The van der Waals surface area contributed by atoms with Gasteiger partial charge in [-0.25, -0.2) is 0 Å². The summed E-state index contributed by atoms with van der Waals surface area (Å²) in [6.45, 7) is 0.479. The van der Waals surface area contributed by atoms with Crippen molar-refractivity contribution >= 4 is 23.3 Å². The zero-order chi connectivity index (χ0) is 13.8. The highest BCUT2D eigenvalue weighted by molar-refractivity contribution is 6.30. The number of halogens is 1. The minimum absolute atomic E-state index is 0.111. The molecule has 0 bridgehead atoms. The molecule has 0 unspecified atom stereocenters. The summed E-state index contributed by atoms with van der Waals surface area (Å²) in [5.41, 5.74) is 1.32. The van der Waals surface area contributed by atoms with Crippen LogP contribution in [0.5, 0.6) is 0 Å². The Morgan fingerprint density at radius 2 is 2.21 bits per heavy atom. The summed E-state index contributed by atoms with van der Waals surface area (Å²) in [5.74, 6) is 0.468. The van der Waals surface area contributed by atoms with E-state index in [1.165, 1.54) is 11.1 Å². The Kier molecular flexibility index (Phi) is 4.01. The van der Waals surface area contributed by atoms with E-state index in [1.807, 2.05) is 6.07 Å². The fraction of sp³-hybridized carbons (Fsp3) is 0.250. The number of hydrogen-bond donors (Lipinski definition) is 2. The molecular weight excluding hydrogens is 266 g/mol. The number of hydrogen-bond acceptors (Lipinski definition) is 4. The zero-order valence-corrected chi connectivity index (χ0v) is 11.4. The van der Waals surface area contributed by atoms with Crippen molar-refractivity contribution in [2.45, 2.75) is 6.54 Å². The molecule has 2 aromatic rings. The number of rotatable bonds is 4. The molecule has 0 radical (unpaired) electrons. The van der Waals surface area contributed by atoms with Crippen molar-refractivity contribution < 1.29 is 4.79 Å². The van der Waals surface area contributed by atoms with E-state index in [2.05, 4.69) is 20.5 Å². The van der Waals surface area contributed by atoms with Crippen molar-refractivity contribution in [2.75, 3.05) is 19.4 Å². The molecule has 2 aromatic heterocycles. The Hall–Kier alpha value is -2.08. The van der Waals surface area contributed by atoms with Gasteiger partial charge in [-0.1, -0.05) is 11.6 Å². The highest BCUT2D eigenvalue weighted by Crippen LogP contribution is 2.14. The largest absolute Gasteiger partial charge is 0.364 e. The average molecular weight is 280 g/mol. The molecular formula is C12H14ClN5O. The molecule has 0 fully saturated rings. The van der Waals surface area contributed by atoms with Gasteiger partial charge in [0, 0.05) is 20.3 Å². The van der Waals surface area contributed by atoms with Gasteiger partial charge in [0.2, 0.25) is 0 Å². The second-order valence-electron chi connectivity index (χ2n) is 4.18. The molecule has 0 aliphatic rings.